The fourth-order valence-electron chi connectivity index (χ4n) is 1.52. The molecule has 0 aliphatic carbocycles. The van der Waals surface area contributed by atoms with E-state index in [1.165, 1.54) is 0 Å². The van der Waals surface area contributed by atoms with E-state index in [0.717, 1.165) is 0 Å². The van der Waals surface area contributed by atoms with Gasteiger partial charge in [-0.1, -0.05) is 18.2 Å². The zero-order valence-corrected chi connectivity index (χ0v) is 9.56. The van der Waals surface area contributed by atoms with Crippen molar-refractivity contribution in [3.63, 3.8) is 0 Å². The Kier molecular flexibility index (Phi) is 6.77. The molecule has 7 heteroatoms. The van der Waals surface area contributed by atoms with Crippen molar-refractivity contribution >= 4 is 0 Å². The van der Waals surface area contributed by atoms with Gasteiger partial charge < -0.3 is 35.7 Å². The summed E-state index contributed by atoms with van der Waals surface area (Å²) < 4.78 is 10.4. The lowest BCUT2D eigenvalue weighted by Crippen LogP contribution is -2.54. The number of rotatable bonds is 2. The first-order valence-electron chi connectivity index (χ1n) is 5.06. The van der Waals surface area contributed by atoms with Crippen molar-refractivity contribution in [3.8, 4) is 5.75 Å². The lowest BCUT2D eigenvalue weighted by molar-refractivity contribution is -0.242. The minimum absolute atomic E-state index is 0. The van der Waals surface area contributed by atoms with Gasteiger partial charge in [0.1, 0.15) is 24.1 Å². The van der Waals surface area contributed by atoms with Gasteiger partial charge in [0, 0.05) is 0 Å². The average molecular weight is 262 g/mol. The molecule has 1 aromatic carbocycles. The van der Waals surface area contributed by atoms with Gasteiger partial charge in [-0.15, -0.1) is 0 Å². The van der Waals surface area contributed by atoms with E-state index in [2.05, 4.69) is 0 Å². The molecule has 0 radical (unpaired) electrons. The van der Waals surface area contributed by atoms with Crippen molar-refractivity contribution < 1.29 is 35.7 Å². The SMILES string of the molecule is O.O.O[C@@H]1[C@@H](O)[C@H](Oc2ccccc2)OC[C@H]1O. The van der Waals surface area contributed by atoms with E-state index >= 15 is 0 Å². The van der Waals surface area contributed by atoms with Crippen LogP contribution in [0.25, 0.3) is 0 Å². The molecule has 1 aliphatic rings. The van der Waals surface area contributed by atoms with Crippen LogP contribution in [0.2, 0.25) is 0 Å². The molecule has 7 nitrogen and oxygen atoms in total. The molecule has 1 fully saturated rings. The molecule has 1 heterocycles. The molecular formula is C11H18O7. The quantitative estimate of drug-likeness (QED) is 0.557. The molecule has 0 aromatic heterocycles. The van der Waals surface area contributed by atoms with E-state index in [-0.39, 0.29) is 17.6 Å². The molecular weight excluding hydrogens is 244 g/mol. The molecule has 18 heavy (non-hydrogen) atoms. The van der Waals surface area contributed by atoms with Crippen molar-refractivity contribution in [3.05, 3.63) is 30.3 Å². The van der Waals surface area contributed by atoms with E-state index in [1.54, 1.807) is 24.3 Å². The molecule has 7 N–H and O–H groups in total. The van der Waals surface area contributed by atoms with Gasteiger partial charge in [0.2, 0.25) is 6.29 Å². The predicted octanol–water partition coefficient (Wildman–Crippen LogP) is -2.14. The number of hydrogen-bond donors (Lipinski definition) is 3. The molecule has 104 valence electrons. The Bertz CT molecular complexity index is 331. The van der Waals surface area contributed by atoms with Gasteiger partial charge in [0.15, 0.2) is 0 Å². The third-order valence-corrected chi connectivity index (χ3v) is 2.45. The van der Waals surface area contributed by atoms with Crippen LogP contribution in [0.5, 0.6) is 5.75 Å². The lowest BCUT2D eigenvalue weighted by Gasteiger charge is -2.34. The topological polar surface area (TPSA) is 142 Å². The first-order valence-corrected chi connectivity index (χ1v) is 5.06. The van der Waals surface area contributed by atoms with E-state index < -0.39 is 24.6 Å². The third kappa shape index (κ3) is 3.64. The Morgan fingerprint density at radius 1 is 1.00 bits per heavy atom. The summed E-state index contributed by atoms with van der Waals surface area (Å²) in [5, 5.41) is 28.3. The Labute approximate surface area is 104 Å². The van der Waals surface area contributed by atoms with E-state index in [1.807, 2.05) is 6.07 Å². The Morgan fingerprint density at radius 2 is 1.61 bits per heavy atom. The van der Waals surface area contributed by atoms with Crippen molar-refractivity contribution in [1.29, 1.82) is 0 Å². The summed E-state index contributed by atoms with van der Waals surface area (Å²) in [7, 11) is 0. The van der Waals surface area contributed by atoms with Crippen LogP contribution in [-0.4, -0.2) is 57.5 Å². The number of aliphatic hydroxyl groups is 3. The van der Waals surface area contributed by atoms with Gasteiger partial charge >= 0.3 is 0 Å². The maximum absolute atomic E-state index is 9.61. The van der Waals surface area contributed by atoms with Crippen LogP contribution < -0.4 is 4.74 Å². The summed E-state index contributed by atoms with van der Waals surface area (Å²) in [6.07, 6.45) is -4.54. The summed E-state index contributed by atoms with van der Waals surface area (Å²) in [5.41, 5.74) is 0. The summed E-state index contributed by atoms with van der Waals surface area (Å²) in [6.45, 7) is -0.0598. The van der Waals surface area contributed by atoms with Crippen LogP contribution in [0.4, 0.5) is 0 Å². The average Bonchev–Trinajstić information content (AvgIpc) is 2.31. The molecule has 4 atom stereocenters. The Balaban J connectivity index is 0.00000144. The van der Waals surface area contributed by atoms with Crippen molar-refractivity contribution in [2.24, 2.45) is 0 Å². The number of aliphatic hydroxyl groups excluding tert-OH is 3. The van der Waals surface area contributed by atoms with E-state index in [0.29, 0.717) is 5.75 Å². The summed E-state index contributed by atoms with van der Waals surface area (Å²) in [4.78, 5) is 0. The van der Waals surface area contributed by atoms with Crippen LogP contribution in [-0.2, 0) is 4.74 Å². The van der Waals surface area contributed by atoms with Gasteiger partial charge in [-0.05, 0) is 12.1 Å². The highest BCUT2D eigenvalue weighted by Crippen LogP contribution is 2.19. The highest BCUT2D eigenvalue weighted by Gasteiger charge is 2.38. The number of hydrogen-bond acceptors (Lipinski definition) is 5. The van der Waals surface area contributed by atoms with Crippen molar-refractivity contribution in [1.82, 2.24) is 0 Å². The van der Waals surface area contributed by atoms with E-state index in [9.17, 15) is 15.3 Å². The normalized spacial score (nSPS) is 30.8. The van der Waals surface area contributed by atoms with Crippen LogP contribution in [0.15, 0.2) is 30.3 Å². The molecule has 0 bridgehead atoms. The first-order chi connectivity index (χ1) is 7.68. The fraction of sp³-hybridized carbons (Fsp3) is 0.455. The summed E-state index contributed by atoms with van der Waals surface area (Å²) in [6, 6.07) is 8.84. The van der Waals surface area contributed by atoms with Crippen molar-refractivity contribution in [2.45, 2.75) is 24.6 Å². The van der Waals surface area contributed by atoms with Crippen LogP contribution in [0.3, 0.4) is 0 Å². The van der Waals surface area contributed by atoms with Crippen molar-refractivity contribution in [2.75, 3.05) is 6.61 Å². The first kappa shape index (κ1) is 16.8. The van der Waals surface area contributed by atoms with Crippen LogP contribution in [0.1, 0.15) is 0 Å². The molecule has 1 saturated heterocycles. The highest BCUT2D eigenvalue weighted by atomic mass is 16.7. The van der Waals surface area contributed by atoms with Gasteiger partial charge in [-0.2, -0.15) is 0 Å². The molecule has 0 amide bonds. The molecule has 0 spiro atoms. The summed E-state index contributed by atoms with van der Waals surface area (Å²) >= 11 is 0. The zero-order valence-electron chi connectivity index (χ0n) is 9.56. The Morgan fingerprint density at radius 3 is 2.22 bits per heavy atom. The predicted molar refractivity (Wildman–Crippen MR) is 62.1 cm³/mol. The maximum Gasteiger partial charge on any atom is 0.228 e. The van der Waals surface area contributed by atoms with Gasteiger partial charge in [0.25, 0.3) is 0 Å². The monoisotopic (exact) mass is 262 g/mol. The van der Waals surface area contributed by atoms with Crippen LogP contribution in [0, 0.1) is 0 Å². The maximum atomic E-state index is 9.61. The molecule has 0 unspecified atom stereocenters. The van der Waals surface area contributed by atoms with Gasteiger partial charge in [0.05, 0.1) is 6.61 Å². The highest BCUT2D eigenvalue weighted by molar-refractivity contribution is 5.21. The second kappa shape index (κ2) is 7.27. The number of para-hydroxylation sites is 1. The third-order valence-electron chi connectivity index (χ3n) is 2.45. The minimum atomic E-state index is -1.26. The van der Waals surface area contributed by atoms with E-state index in [4.69, 9.17) is 9.47 Å². The number of benzene rings is 1. The minimum Gasteiger partial charge on any atom is -0.462 e. The second-order valence-corrected chi connectivity index (χ2v) is 3.68. The smallest absolute Gasteiger partial charge is 0.228 e. The molecule has 2 rings (SSSR count). The van der Waals surface area contributed by atoms with Gasteiger partial charge in [-0.25, -0.2) is 0 Å². The lowest BCUT2D eigenvalue weighted by atomic mass is 10.1. The fourth-order valence-corrected chi connectivity index (χ4v) is 1.52. The largest absolute Gasteiger partial charge is 0.462 e. The Hall–Kier alpha value is -1.22. The van der Waals surface area contributed by atoms with Gasteiger partial charge in [-0.3, -0.25) is 0 Å². The standard InChI is InChI=1S/C11H14O5.2H2O/c12-8-6-15-11(10(14)9(8)13)16-7-4-2-1-3-5-7;;/h1-5,8-14H,6H2;2*1H2/t8-,9+,10-,11+;;/m1../s1. The second-order valence-electron chi connectivity index (χ2n) is 3.68. The summed E-state index contributed by atoms with van der Waals surface area (Å²) in [5.74, 6) is 0.537. The number of ether oxygens (including phenoxy) is 2. The molecule has 1 aromatic rings. The molecule has 1 aliphatic heterocycles. The molecule has 0 saturated carbocycles. The zero-order chi connectivity index (χ0) is 11.5. The van der Waals surface area contributed by atoms with Crippen LogP contribution >= 0.6 is 0 Å².